The van der Waals surface area contributed by atoms with E-state index in [1.165, 1.54) is 16.8 Å². The molecule has 0 atom stereocenters. The van der Waals surface area contributed by atoms with Crippen LogP contribution in [-0.4, -0.2) is 26.4 Å². The van der Waals surface area contributed by atoms with Gasteiger partial charge >= 0.3 is 0 Å². The van der Waals surface area contributed by atoms with Crippen molar-refractivity contribution in [3.05, 3.63) is 42.4 Å². The SMILES string of the molecule is CSc1ccc(CNc2ncnc3[nH]ncc23)cc1. The summed E-state index contributed by atoms with van der Waals surface area (Å²) < 4.78 is 0. The number of aromatic amines is 1. The van der Waals surface area contributed by atoms with E-state index >= 15 is 0 Å². The zero-order valence-corrected chi connectivity index (χ0v) is 11.2. The molecule has 1 aromatic carbocycles. The Balaban J connectivity index is 1.76. The average molecular weight is 271 g/mol. The van der Waals surface area contributed by atoms with Crippen LogP contribution in [0.25, 0.3) is 11.0 Å². The molecule has 0 spiro atoms. The number of H-pyrrole nitrogens is 1. The minimum absolute atomic E-state index is 0.728. The number of thioether (sulfide) groups is 1. The number of nitrogens with one attached hydrogen (secondary N) is 2. The summed E-state index contributed by atoms with van der Waals surface area (Å²) in [5.41, 5.74) is 1.96. The molecule has 0 aliphatic rings. The number of anilines is 1. The molecule has 2 aromatic heterocycles. The number of hydrogen-bond acceptors (Lipinski definition) is 5. The second-order valence-corrected chi connectivity index (χ2v) is 4.94. The number of rotatable bonds is 4. The standard InChI is InChI=1S/C13H13N5S/c1-19-10-4-2-9(3-5-10)6-14-12-11-7-17-18-13(11)16-8-15-12/h2-5,7-8H,6H2,1H3,(H2,14,15,16,17,18). The number of hydrogen-bond donors (Lipinski definition) is 2. The van der Waals surface area contributed by atoms with Crippen molar-refractivity contribution in [2.45, 2.75) is 11.4 Å². The van der Waals surface area contributed by atoms with Gasteiger partial charge in [0.15, 0.2) is 5.65 Å². The van der Waals surface area contributed by atoms with Crippen LogP contribution in [0.15, 0.2) is 41.7 Å². The number of benzene rings is 1. The fourth-order valence-electron chi connectivity index (χ4n) is 1.83. The third kappa shape index (κ3) is 2.53. The predicted molar refractivity (Wildman–Crippen MR) is 77.2 cm³/mol. The summed E-state index contributed by atoms with van der Waals surface area (Å²) in [6.07, 6.45) is 5.33. The van der Waals surface area contributed by atoms with E-state index in [1.807, 2.05) is 0 Å². The fraction of sp³-hybridized carbons (Fsp3) is 0.154. The first-order valence-corrected chi connectivity index (χ1v) is 7.10. The van der Waals surface area contributed by atoms with Gasteiger partial charge < -0.3 is 5.32 Å². The first-order valence-electron chi connectivity index (χ1n) is 5.87. The van der Waals surface area contributed by atoms with Crippen LogP contribution in [0.1, 0.15) is 5.56 Å². The normalized spacial score (nSPS) is 10.8. The molecule has 0 fully saturated rings. The summed E-state index contributed by atoms with van der Waals surface area (Å²) in [5.74, 6) is 0.799. The van der Waals surface area contributed by atoms with Gasteiger partial charge in [0.05, 0.1) is 11.6 Å². The molecule has 0 bridgehead atoms. The highest BCUT2D eigenvalue weighted by Crippen LogP contribution is 2.18. The monoisotopic (exact) mass is 271 g/mol. The Hall–Kier alpha value is -2.08. The molecule has 2 N–H and O–H groups in total. The van der Waals surface area contributed by atoms with Gasteiger partial charge in [0.1, 0.15) is 12.1 Å². The maximum Gasteiger partial charge on any atom is 0.160 e. The Bertz CT molecular complexity index is 677. The van der Waals surface area contributed by atoms with Gasteiger partial charge in [-0.1, -0.05) is 12.1 Å². The van der Waals surface area contributed by atoms with Crippen molar-refractivity contribution in [3.63, 3.8) is 0 Å². The third-order valence-corrected chi connectivity index (χ3v) is 3.61. The van der Waals surface area contributed by atoms with E-state index in [1.54, 1.807) is 18.0 Å². The van der Waals surface area contributed by atoms with E-state index in [9.17, 15) is 0 Å². The maximum atomic E-state index is 4.24. The lowest BCUT2D eigenvalue weighted by Crippen LogP contribution is -2.02. The molecule has 0 aliphatic carbocycles. The molecule has 5 nitrogen and oxygen atoms in total. The molecule has 0 unspecified atom stereocenters. The van der Waals surface area contributed by atoms with Gasteiger partial charge in [0.2, 0.25) is 0 Å². The molecule has 19 heavy (non-hydrogen) atoms. The van der Waals surface area contributed by atoms with E-state index in [2.05, 4.69) is 56.0 Å². The number of aromatic nitrogens is 4. The van der Waals surface area contributed by atoms with Gasteiger partial charge in [-0.05, 0) is 24.0 Å². The van der Waals surface area contributed by atoms with Gasteiger partial charge in [-0.25, -0.2) is 9.97 Å². The molecule has 0 saturated carbocycles. The van der Waals surface area contributed by atoms with Crippen LogP contribution in [0, 0.1) is 0 Å². The summed E-state index contributed by atoms with van der Waals surface area (Å²) in [7, 11) is 0. The van der Waals surface area contributed by atoms with Gasteiger partial charge in [-0.15, -0.1) is 11.8 Å². The lowest BCUT2D eigenvalue weighted by molar-refractivity contribution is 1.08. The molecule has 3 rings (SSSR count). The molecule has 0 amide bonds. The van der Waals surface area contributed by atoms with Crippen LogP contribution in [-0.2, 0) is 6.54 Å². The van der Waals surface area contributed by atoms with Crippen LogP contribution < -0.4 is 5.32 Å². The van der Waals surface area contributed by atoms with Gasteiger partial charge in [0.25, 0.3) is 0 Å². The van der Waals surface area contributed by atoms with Crippen molar-refractivity contribution in [3.8, 4) is 0 Å². The molecule has 6 heteroatoms. The third-order valence-electron chi connectivity index (χ3n) is 2.87. The number of fused-ring (bicyclic) bond motifs is 1. The summed E-state index contributed by atoms with van der Waals surface area (Å²) in [4.78, 5) is 9.62. The zero-order chi connectivity index (χ0) is 13.1. The van der Waals surface area contributed by atoms with Crippen molar-refractivity contribution < 1.29 is 0 Å². The Morgan fingerprint density at radius 3 is 2.84 bits per heavy atom. The van der Waals surface area contributed by atoms with Crippen LogP contribution >= 0.6 is 11.8 Å². The zero-order valence-electron chi connectivity index (χ0n) is 10.4. The number of nitrogens with zero attached hydrogens (tertiary/aromatic N) is 3. The Kier molecular flexibility index (Phi) is 3.33. The summed E-state index contributed by atoms with van der Waals surface area (Å²) in [6.45, 7) is 0.728. The highest BCUT2D eigenvalue weighted by molar-refractivity contribution is 7.98. The van der Waals surface area contributed by atoms with Crippen molar-refractivity contribution in [1.29, 1.82) is 0 Å². The van der Waals surface area contributed by atoms with Crippen molar-refractivity contribution >= 4 is 28.6 Å². The van der Waals surface area contributed by atoms with E-state index in [0.29, 0.717) is 0 Å². The molecule has 2 heterocycles. The predicted octanol–water partition coefficient (Wildman–Crippen LogP) is 2.69. The van der Waals surface area contributed by atoms with Crippen LogP contribution in [0.4, 0.5) is 5.82 Å². The molecule has 0 radical (unpaired) electrons. The molecular weight excluding hydrogens is 258 g/mol. The summed E-state index contributed by atoms with van der Waals surface area (Å²) >= 11 is 1.74. The summed E-state index contributed by atoms with van der Waals surface area (Å²) in [5, 5.41) is 11.0. The van der Waals surface area contributed by atoms with Crippen molar-refractivity contribution in [1.82, 2.24) is 20.2 Å². The Morgan fingerprint density at radius 2 is 2.05 bits per heavy atom. The average Bonchev–Trinajstić information content (AvgIpc) is 2.94. The lowest BCUT2D eigenvalue weighted by Gasteiger charge is -2.06. The first-order chi connectivity index (χ1) is 9.36. The fourth-order valence-corrected chi connectivity index (χ4v) is 2.24. The molecule has 96 valence electrons. The van der Waals surface area contributed by atoms with E-state index in [4.69, 9.17) is 0 Å². The molecular formula is C13H13N5S. The second kappa shape index (κ2) is 5.27. The maximum absolute atomic E-state index is 4.24. The Morgan fingerprint density at radius 1 is 1.21 bits per heavy atom. The van der Waals surface area contributed by atoms with E-state index in [0.717, 1.165) is 23.4 Å². The van der Waals surface area contributed by atoms with Gasteiger partial charge in [0, 0.05) is 11.4 Å². The van der Waals surface area contributed by atoms with Gasteiger partial charge in [-0.2, -0.15) is 5.10 Å². The quantitative estimate of drug-likeness (QED) is 0.714. The lowest BCUT2D eigenvalue weighted by atomic mass is 10.2. The smallest absolute Gasteiger partial charge is 0.160 e. The second-order valence-electron chi connectivity index (χ2n) is 4.06. The largest absolute Gasteiger partial charge is 0.365 e. The highest BCUT2D eigenvalue weighted by Gasteiger charge is 2.04. The van der Waals surface area contributed by atoms with Crippen molar-refractivity contribution in [2.75, 3.05) is 11.6 Å². The first kappa shape index (κ1) is 12.0. The molecule has 0 aliphatic heterocycles. The van der Waals surface area contributed by atoms with Crippen molar-refractivity contribution in [2.24, 2.45) is 0 Å². The molecule has 3 aromatic rings. The van der Waals surface area contributed by atoms with Crippen LogP contribution in [0.2, 0.25) is 0 Å². The van der Waals surface area contributed by atoms with Crippen LogP contribution in [0.5, 0.6) is 0 Å². The topological polar surface area (TPSA) is 66.5 Å². The highest BCUT2D eigenvalue weighted by atomic mass is 32.2. The van der Waals surface area contributed by atoms with E-state index in [-0.39, 0.29) is 0 Å². The Labute approximate surface area is 114 Å². The van der Waals surface area contributed by atoms with Gasteiger partial charge in [-0.3, -0.25) is 5.10 Å². The minimum Gasteiger partial charge on any atom is -0.365 e. The molecule has 0 saturated heterocycles. The minimum atomic E-state index is 0.728. The van der Waals surface area contributed by atoms with Crippen LogP contribution in [0.3, 0.4) is 0 Å². The summed E-state index contributed by atoms with van der Waals surface area (Å²) in [6, 6.07) is 8.48. The van der Waals surface area contributed by atoms with E-state index < -0.39 is 0 Å².